The number of ether oxygens (including phenoxy) is 2. The molecular weight excluding hydrogens is 308 g/mol. The Morgan fingerprint density at radius 3 is 2.50 bits per heavy atom. The maximum absolute atomic E-state index is 12.2. The highest BCUT2D eigenvalue weighted by Crippen LogP contribution is 2.30. The summed E-state index contributed by atoms with van der Waals surface area (Å²) in [7, 11) is 0. The second-order valence-electron chi connectivity index (χ2n) is 5.46. The number of amides is 2. The van der Waals surface area contributed by atoms with E-state index in [1.165, 1.54) is 6.92 Å². The van der Waals surface area contributed by atoms with Crippen LogP contribution in [0.3, 0.4) is 0 Å². The number of benzene rings is 2. The fraction of sp³-hybridized carbons (Fsp3) is 0.222. The molecule has 0 saturated heterocycles. The van der Waals surface area contributed by atoms with Crippen molar-refractivity contribution in [1.82, 2.24) is 5.32 Å². The molecule has 0 spiro atoms. The summed E-state index contributed by atoms with van der Waals surface area (Å²) in [6.45, 7) is 2.02. The summed E-state index contributed by atoms with van der Waals surface area (Å²) in [6, 6.07) is 14.5. The summed E-state index contributed by atoms with van der Waals surface area (Å²) >= 11 is 0. The summed E-state index contributed by atoms with van der Waals surface area (Å²) < 4.78 is 11.2. The molecule has 2 N–H and O–H groups in total. The summed E-state index contributed by atoms with van der Waals surface area (Å²) in [5.41, 5.74) is 1.65. The molecule has 1 aliphatic heterocycles. The van der Waals surface area contributed by atoms with Gasteiger partial charge in [-0.05, 0) is 29.8 Å². The van der Waals surface area contributed by atoms with E-state index in [1.54, 1.807) is 24.3 Å². The highest BCUT2D eigenvalue weighted by atomic mass is 16.6. The van der Waals surface area contributed by atoms with Crippen molar-refractivity contribution < 1.29 is 19.1 Å². The number of rotatable bonds is 4. The monoisotopic (exact) mass is 326 g/mol. The number of hydrogen-bond acceptors (Lipinski definition) is 4. The molecule has 0 fully saturated rings. The van der Waals surface area contributed by atoms with Gasteiger partial charge in [-0.25, -0.2) is 0 Å². The minimum atomic E-state index is -0.668. The number of nitrogens with one attached hydrogen (secondary N) is 2. The maximum atomic E-state index is 12.2. The van der Waals surface area contributed by atoms with Gasteiger partial charge in [0.05, 0.1) is 0 Å². The van der Waals surface area contributed by atoms with Gasteiger partial charge in [-0.1, -0.05) is 24.3 Å². The molecule has 1 atom stereocenters. The maximum Gasteiger partial charge on any atom is 0.264 e. The van der Waals surface area contributed by atoms with Crippen LogP contribution < -0.4 is 20.1 Å². The molecule has 0 radical (unpaired) electrons. The Kier molecular flexibility index (Phi) is 4.65. The zero-order valence-electron chi connectivity index (χ0n) is 13.2. The van der Waals surface area contributed by atoms with E-state index in [2.05, 4.69) is 10.6 Å². The lowest BCUT2D eigenvalue weighted by atomic mass is 10.2. The van der Waals surface area contributed by atoms with E-state index in [0.717, 1.165) is 11.3 Å². The molecule has 2 aromatic rings. The number of carbonyl (C=O) groups is 2. The van der Waals surface area contributed by atoms with Crippen LogP contribution in [0.5, 0.6) is 11.5 Å². The second kappa shape index (κ2) is 7.04. The van der Waals surface area contributed by atoms with E-state index >= 15 is 0 Å². The quantitative estimate of drug-likeness (QED) is 0.902. The Morgan fingerprint density at radius 1 is 1.08 bits per heavy atom. The number of fused-ring (bicyclic) bond motifs is 1. The Morgan fingerprint density at radius 2 is 1.79 bits per heavy atom. The van der Waals surface area contributed by atoms with Crippen molar-refractivity contribution in [2.45, 2.75) is 19.6 Å². The zero-order valence-corrected chi connectivity index (χ0v) is 13.2. The molecule has 0 aliphatic carbocycles. The lowest BCUT2D eigenvalue weighted by Gasteiger charge is -2.25. The molecule has 1 heterocycles. The number of hydrogen-bond donors (Lipinski definition) is 2. The number of para-hydroxylation sites is 2. The first-order valence-corrected chi connectivity index (χ1v) is 7.64. The van der Waals surface area contributed by atoms with E-state index in [9.17, 15) is 9.59 Å². The molecular formula is C18H18N2O4. The lowest BCUT2D eigenvalue weighted by Crippen LogP contribution is -2.43. The van der Waals surface area contributed by atoms with Gasteiger partial charge in [0.2, 0.25) is 12.0 Å². The van der Waals surface area contributed by atoms with E-state index in [0.29, 0.717) is 18.0 Å². The number of carbonyl (C=O) groups excluding carboxylic acids is 2. The van der Waals surface area contributed by atoms with Crippen molar-refractivity contribution in [2.24, 2.45) is 0 Å². The summed E-state index contributed by atoms with van der Waals surface area (Å²) in [6.07, 6.45) is -0.668. The molecule has 0 unspecified atom stereocenters. The van der Waals surface area contributed by atoms with Crippen molar-refractivity contribution in [2.75, 3.05) is 11.9 Å². The SMILES string of the molecule is CC(=O)Nc1ccc(CNC(=O)[C@@H]2COc3ccccc3O2)cc1. The molecule has 2 aromatic carbocycles. The molecule has 0 saturated carbocycles. The Balaban J connectivity index is 1.53. The van der Waals surface area contributed by atoms with Gasteiger partial charge in [0, 0.05) is 19.2 Å². The van der Waals surface area contributed by atoms with Crippen LogP contribution in [0.4, 0.5) is 5.69 Å². The first-order chi connectivity index (χ1) is 11.6. The van der Waals surface area contributed by atoms with E-state index in [-0.39, 0.29) is 18.4 Å². The van der Waals surface area contributed by atoms with Gasteiger partial charge in [-0.2, -0.15) is 0 Å². The molecule has 2 amide bonds. The highest BCUT2D eigenvalue weighted by Gasteiger charge is 2.26. The standard InChI is InChI=1S/C18H18N2O4/c1-12(21)20-14-8-6-13(7-9-14)10-19-18(22)17-11-23-15-4-2-3-5-16(15)24-17/h2-9,17H,10-11H2,1H3,(H,19,22)(H,20,21)/t17-/m0/s1. The molecule has 0 bridgehead atoms. The van der Waals surface area contributed by atoms with Crippen LogP contribution in [0.1, 0.15) is 12.5 Å². The van der Waals surface area contributed by atoms with Crippen LogP contribution in [-0.4, -0.2) is 24.5 Å². The third kappa shape index (κ3) is 3.84. The van der Waals surface area contributed by atoms with Crippen LogP contribution in [0.25, 0.3) is 0 Å². The van der Waals surface area contributed by atoms with Crippen LogP contribution in [0, 0.1) is 0 Å². The van der Waals surface area contributed by atoms with Crippen LogP contribution in [-0.2, 0) is 16.1 Å². The third-order valence-corrected chi connectivity index (χ3v) is 3.54. The number of anilines is 1. The van der Waals surface area contributed by atoms with Gasteiger partial charge in [-0.3, -0.25) is 9.59 Å². The topological polar surface area (TPSA) is 76.7 Å². The average molecular weight is 326 g/mol. The van der Waals surface area contributed by atoms with Gasteiger partial charge in [-0.15, -0.1) is 0 Å². The first-order valence-electron chi connectivity index (χ1n) is 7.64. The minimum Gasteiger partial charge on any atom is -0.485 e. The zero-order chi connectivity index (χ0) is 16.9. The molecule has 6 nitrogen and oxygen atoms in total. The van der Waals surface area contributed by atoms with Crippen molar-refractivity contribution in [3.05, 3.63) is 54.1 Å². The predicted molar refractivity (Wildman–Crippen MR) is 88.9 cm³/mol. The van der Waals surface area contributed by atoms with Crippen molar-refractivity contribution in [3.63, 3.8) is 0 Å². The molecule has 0 aromatic heterocycles. The fourth-order valence-electron chi connectivity index (χ4n) is 2.36. The minimum absolute atomic E-state index is 0.120. The van der Waals surface area contributed by atoms with Crippen LogP contribution in [0.15, 0.2) is 48.5 Å². The van der Waals surface area contributed by atoms with Crippen LogP contribution in [0.2, 0.25) is 0 Å². The van der Waals surface area contributed by atoms with Gasteiger partial charge in [0.15, 0.2) is 11.5 Å². The molecule has 6 heteroatoms. The van der Waals surface area contributed by atoms with Gasteiger partial charge in [0.1, 0.15) is 6.61 Å². The van der Waals surface area contributed by atoms with Gasteiger partial charge >= 0.3 is 0 Å². The molecule has 124 valence electrons. The van der Waals surface area contributed by atoms with Crippen molar-refractivity contribution in [3.8, 4) is 11.5 Å². The summed E-state index contributed by atoms with van der Waals surface area (Å²) in [5.74, 6) is 0.875. The highest BCUT2D eigenvalue weighted by molar-refractivity contribution is 5.88. The smallest absolute Gasteiger partial charge is 0.264 e. The summed E-state index contributed by atoms with van der Waals surface area (Å²) in [4.78, 5) is 23.2. The Labute approximate surface area is 139 Å². The fourth-order valence-corrected chi connectivity index (χ4v) is 2.36. The van der Waals surface area contributed by atoms with Crippen LogP contribution >= 0.6 is 0 Å². The summed E-state index contributed by atoms with van der Waals surface area (Å²) in [5, 5.41) is 5.52. The van der Waals surface area contributed by atoms with E-state index in [4.69, 9.17) is 9.47 Å². The normalized spacial score (nSPS) is 15.5. The molecule has 1 aliphatic rings. The Bertz CT molecular complexity index is 743. The third-order valence-electron chi connectivity index (χ3n) is 3.54. The second-order valence-corrected chi connectivity index (χ2v) is 5.46. The largest absolute Gasteiger partial charge is 0.485 e. The molecule has 3 rings (SSSR count). The van der Waals surface area contributed by atoms with Gasteiger partial charge in [0.25, 0.3) is 5.91 Å². The van der Waals surface area contributed by atoms with Gasteiger partial charge < -0.3 is 20.1 Å². The first kappa shape index (κ1) is 15.9. The molecule has 24 heavy (non-hydrogen) atoms. The average Bonchev–Trinajstić information content (AvgIpc) is 2.60. The Hall–Kier alpha value is -3.02. The van der Waals surface area contributed by atoms with E-state index in [1.807, 2.05) is 24.3 Å². The van der Waals surface area contributed by atoms with E-state index < -0.39 is 6.10 Å². The lowest BCUT2D eigenvalue weighted by molar-refractivity contribution is -0.130. The van der Waals surface area contributed by atoms with Crippen molar-refractivity contribution in [1.29, 1.82) is 0 Å². The van der Waals surface area contributed by atoms with Crippen molar-refractivity contribution >= 4 is 17.5 Å². The predicted octanol–water partition coefficient (Wildman–Crippen LogP) is 2.10.